The summed E-state index contributed by atoms with van der Waals surface area (Å²) >= 11 is 0. The lowest BCUT2D eigenvalue weighted by Gasteiger charge is -2.06. The van der Waals surface area contributed by atoms with Gasteiger partial charge in [-0.15, -0.1) is 4.91 Å². The normalized spacial score (nSPS) is 9.08. The molecule has 4 heteroatoms. The fourth-order valence-electron chi connectivity index (χ4n) is 0.890. The number of nitrogens with zero attached hydrogens (tertiary/aromatic N) is 1. The van der Waals surface area contributed by atoms with E-state index in [1.54, 1.807) is 18.2 Å². The summed E-state index contributed by atoms with van der Waals surface area (Å²) in [6, 6.07) is 7.14. The first kappa shape index (κ1) is 8.52. The van der Waals surface area contributed by atoms with Gasteiger partial charge in [0.2, 0.25) is 0 Å². The Hall–Kier alpha value is -1.58. The maximum Gasteiger partial charge on any atom is 0.144 e. The third-order valence-corrected chi connectivity index (χ3v) is 1.35. The summed E-state index contributed by atoms with van der Waals surface area (Å²) in [4.78, 5) is 9.91. The van der Waals surface area contributed by atoms with Crippen molar-refractivity contribution in [3.8, 4) is 5.75 Å². The zero-order chi connectivity index (χ0) is 8.81. The standard InChI is InChI=1S/C8H10N2O2/c1-2-12-8-6-4-3-5-7(8)9-10-11/h3-6H,2H2,1H3,(H,9,11). The van der Waals surface area contributed by atoms with Crippen LogP contribution in [-0.4, -0.2) is 6.61 Å². The lowest BCUT2D eigenvalue weighted by Crippen LogP contribution is -1.95. The largest absolute Gasteiger partial charge is 0.492 e. The third kappa shape index (κ3) is 1.95. The second-order valence-electron chi connectivity index (χ2n) is 2.13. The van der Waals surface area contributed by atoms with Crippen LogP contribution in [0.25, 0.3) is 0 Å². The fourth-order valence-corrected chi connectivity index (χ4v) is 0.890. The average molecular weight is 166 g/mol. The topological polar surface area (TPSA) is 50.7 Å². The van der Waals surface area contributed by atoms with Gasteiger partial charge in [0.15, 0.2) is 0 Å². The van der Waals surface area contributed by atoms with Gasteiger partial charge in [-0.2, -0.15) is 0 Å². The molecule has 0 heterocycles. The molecule has 0 bridgehead atoms. The van der Waals surface area contributed by atoms with Crippen molar-refractivity contribution in [2.75, 3.05) is 12.0 Å². The molecule has 0 unspecified atom stereocenters. The van der Waals surface area contributed by atoms with E-state index in [9.17, 15) is 4.91 Å². The number of anilines is 1. The van der Waals surface area contributed by atoms with Gasteiger partial charge in [-0.1, -0.05) is 12.1 Å². The van der Waals surface area contributed by atoms with Crippen LogP contribution in [0.15, 0.2) is 29.6 Å². The maximum absolute atomic E-state index is 9.91. The zero-order valence-electron chi connectivity index (χ0n) is 6.78. The minimum atomic E-state index is 0.567. The highest BCUT2D eigenvalue weighted by atomic mass is 16.5. The number of hydrogen-bond acceptors (Lipinski definition) is 3. The summed E-state index contributed by atoms with van der Waals surface area (Å²) in [7, 11) is 0. The minimum absolute atomic E-state index is 0.567. The van der Waals surface area contributed by atoms with Gasteiger partial charge in [0.1, 0.15) is 11.4 Å². The molecule has 0 saturated heterocycles. The zero-order valence-corrected chi connectivity index (χ0v) is 6.78. The minimum Gasteiger partial charge on any atom is -0.492 e. The third-order valence-electron chi connectivity index (χ3n) is 1.35. The summed E-state index contributed by atoms with van der Waals surface area (Å²) in [5, 5.41) is 2.57. The highest BCUT2D eigenvalue weighted by Gasteiger charge is 1.99. The summed E-state index contributed by atoms with van der Waals surface area (Å²) in [6.07, 6.45) is 0. The van der Waals surface area contributed by atoms with Crippen LogP contribution in [0, 0.1) is 4.91 Å². The Morgan fingerprint density at radius 1 is 1.50 bits per heavy atom. The Morgan fingerprint density at radius 3 is 2.92 bits per heavy atom. The van der Waals surface area contributed by atoms with Crippen LogP contribution in [0.5, 0.6) is 5.75 Å². The number of ether oxygens (including phenoxy) is 1. The molecule has 4 nitrogen and oxygen atoms in total. The molecule has 1 aromatic carbocycles. The smallest absolute Gasteiger partial charge is 0.144 e. The van der Waals surface area contributed by atoms with Gasteiger partial charge in [-0.05, 0) is 19.1 Å². The number of para-hydroxylation sites is 2. The highest BCUT2D eigenvalue weighted by Crippen LogP contribution is 2.23. The summed E-state index contributed by atoms with van der Waals surface area (Å²) in [5.41, 5.74) is 2.90. The monoisotopic (exact) mass is 166 g/mol. The predicted octanol–water partition coefficient (Wildman–Crippen LogP) is 2.18. The average Bonchev–Trinajstić information content (AvgIpc) is 2.09. The van der Waals surface area contributed by atoms with E-state index in [0.717, 1.165) is 0 Å². The lowest BCUT2D eigenvalue weighted by molar-refractivity contribution is 0.342. The van der Waals surface area contributed by atoms with Gasteiger partial charge in [-0.3, -0.25) is 0 Å². The van der Waals surface area contributed by atoms with E-state index in [4.69, 9.17) is 4.74 Å². The number of benzene rings is 1. The molecule has 0 aliphatic carbocycles. The van der Waals surface area contributed by atoms with Crippen LogP contribution in [0.4, 0.5) is 5.69 Å². The molecule has 1 aromatic rings. The Morgan fingerprint density at radius 2 is 2.25 bits per heavy atom. The van der Waals surface area contributed by atoms with Crippen molar-refractivity contribution < 1.29 is 4.74 Å². The Balaban J connectivity index is 2.83. The van der Waals surface area contributed by atoms with E-state index in [2.05, 4.69) is 10.7 Å². The van der Waals surface area contributed by atoms with Crippen molar-refractivity contribution in [3.63, 3.8) is 0 Å². The lowest BCUT2D eigenvalue weighted by atomic mass is 10.3. The van der Waals surface area contributed by atoms with Gasteiger partial charge in [0.05, 0.1) is 11.9 Å². The van der Waals surface area contributed by atoms with Crippen molar-refractivity contribution in [2.24, 2.45) is 5.29 Å². The molecular formula is C8H10N2O2. The van der Waals surface area contributed by atoms with Gasteiger partial charge in [0, 0.05) is 0 Å². The Labute approximate surface area is 70.5 Å². The molecule has 0 aromatic heterocycles. The number of nitroso groups, excluding NO2 is 1. The van der Waals surface area contributed by atoms with Crippen molar-refractivity contribution in [3.05, 3.63) is 29.2 Å². The number of hydrogen-bond donors (Lipinski definition) is 1. The molecule has 0 atom stereocenters. The maximum atomic E-state index is 9.91. The van der Waals surface area contributed by atoms with Crippen LogP contribution in [0.3, 0.4) is 0 Å². The first-order valence-corrected chi connectivity index (χ1v) is 3.68. The summed E-state index contributed by atoms with van der Waals surface area (Å²) in [5.74, 6) is 0.639. The summed E-state index contributed by atoms with van der Waals surface area (Å²) < 4.78 is 5.23. The van der Waals surface area contributed by atoms with E-state index < -0.39 is 0 Å². The van der Waals surface area contributed by atoms with Crippen LogP contribution in [0.1, 0.15) is 6.92 Å². The van der Waals surface area contributed by atoms with Crippen LogP contribution in [-0.2, 0) is 0 Å². The van der Waals surface area contributed by atoms with Crippen molar-refractivity contribution >= 4 is 5.69 Å². The highest BCUT2D eigenvalue weighted by molar-refractivity contribution is 5.55. The van der Waals surface area contributed by atoms with Crippen molar-refractivity contribution in [2.45, 2.75) is 6.92 Å². The quantitative estimate of drug-likeness (QED) is 0.551. The van der Waals surface area contributed by atoms with Crippen molar-refractivity contribution in [1.29, 1.82) is 0 Å². The molecule has 0 fully saturated rings. The molecule has 0 amide bonds. The predicted molar refractivity (Wildman–Crippen MR) is 47.0 cm³/mol. The van der Waals surface area contributed by atoms with Gasteiger partial charge in [0.25, 0.3) is 0 Å². The summed E-state index contributed by atoms with van der Waals surface area (Å²) in [6.45, 7) is 2.45. The SMILES string of the molecule is CCOc1ccccc1NN=O. The van der Waals surface area contributed by atoms with E-state index in [1.807, 2.05) is 13.0 Å². The molecule has 64 valence electrons. The molecule has 0 aliphatic rings. The Bertz CT molecular complexity index is 263. The first-order valence-electron chi connectivity index (χ1n) is 3.68. The number of nitrogens with one attached hydrogen (secondary N) is 1. The van der Waals surface area contributed by atoms with Crippen LogP contribution >= 0.6 is 0 Å². The van der Waals surface area contributed by atoms with E-state index in [0.29, 0.717) is 18.0 Å². The number of rotatable bonds is 4. The molecule has 0 radical (unpaired) electrons. The van der Waals surface area contributed by atoms with Gasteiger partial charge >= 0.3 is 0 Å². The molecule has 1 N–H and O–H groups in total. The van der Waals surface area contributed by atoms with Gasteiger partial charge in [-0.25, -0.2) is 5.43 Å². The van der Waals surface area contributed by atoms with Crippen LogP contribution < -0.4 is 10.2 Å². The van der Waals surface area contributed by atoms with E-state index in [-0.39, 0.29) is 0 Å². The fraction of sp³-hybridized carbons (Fsp3) is 0.250. The van der Waals surface area contributed by atoms with Crippen LogP contribution in [0.2, 0.25) is 0 Å². The molecule has 1 rings (SSSR count). The van der Waals surface area contributed by atoms with E-state index in [1.165, 1.54) is 0 Å². The molecule has 0 spiro atoms. The second-order valence-corrected chi connectivity index (χ2v) is 2.13. The van der Waals surface area contributed by atoms with Gasteiger partial charge < -0.3 is 4.74 Å². The second kappa shape index (κ2) is 4.33. The Kier molecular flexibility index (Phi) is 3.07. The first-order chi connectivity index (χ1) is 5.88. The molecule has 0 aliphatic heterocycles. The van der Waals surface area contributed by atoms with Crippen molar-refractivity contribution in [1.82, 2.24) is 0 Å². The van der Waals surface area contributed by atoms with E-state index >= 15 is 0 Å². The molecular weight excluding hydrogens is 156 g/mol. The molecule has 12 heavy (non-hydrogen) atoms. The molecule has 0 saturated carbocycles.